The second kappa shape index (κ2) is 5.82. The Morgan fingerprint density at radius 1 is 1.35 bits per heavy atom. The van der Waals surface area contributed by atoms with Crippen LogP contribution in [0.2, 0.25) is 0 Å². The Kier molecular flexibility index (Phi) is 4.80. The zero-order chi connectivity index (χ0) is 15.6. The van der Waals surface area contributed by atoms with Crippen molar-refractivity contribution in [1.29, 1.82) is 0 Å². The van der Waals surface area contributed by atoms with E-state index >= 15 is 0 Å². The van der Waals surface area contributed by atoms with Gasteiger partial charge in [0.15, 0.2) is 15.1 Å². The van der Waals surface area contributed by atoms with Crippen molar-refractivity contribution in [2.45, 2.75) is 30.5 Å². The van der Waals surface area contributed by atoms with E-state index in [9.17, 15) is 26.4 Å². The summed E-state index contributed by atoms with van der Waals surface area (Å²) in [7, 11) is -4.05. The van der Waals surface area contributed by atoms with Crippen LogP contribution in [-0.2, 0) is 26.6 Å². The number of rotatable bonds is 5. The molecular weight excluding hydrogens is 297 g/mol. The molecule has 0 aliphatic rings. The highest BCUT2D eigenvalue weighted by Gasteiger charge is 2.33. The van der Waals surface area contributed by atoms with Crippen molar-refractivity contribution < 1.29 is 31.5 Å². The molecule has 112 valence electrons. The molecule has 0 aliphatic heterocycles. The second-order valence-corrected chi connectivity index (χ2v) is 6.42. The van der Waals surface area contributed by atoms with Gasteiger partial charge < -0.3 is 5.11 Å². The Morgan fingerprint density at radius 2 is 1.95 bits per heavy atom. The topological polar surface area (TPSA) is 71.4 Å². The van der Waals surface area contributed by atoms with Crippen LogP contribution >= 0.6 is 0 Å². The SMILES string of the molecule is CCC(C(=O)O)S(=O)(=O)Cc1cccc(C(F)(F)F)c1. The number of alkyl halides is 3. The van der Waals surface area contributed by atoms with Crippen molar-refractivity contribution in [2.75, 3.05) is 0 Å². The first kappa shape index (κ1) is 16.5. The number of carboxylic acid groups (broad SMARTS) is 1. The van der Waals surface area contributed by atoms with Gasteiger partial charge in [-0.25, -0.2) is 8.42 Å². The first-order valence-corrected chi connectivity index (χ1v) is 7.40. The molecule has 0 saturated carbocycles. The van der Waals surface area contributed by atoms with Gasteiger partial charge in [-0.05, 0) is 18.1 Å². The molecule has 20 heavy (non-hydrogen) atoms. The fraction of sp³-hybridized carbons (Fsp3) is 0.417. The molecule has 1 atom stereocenters. The van der Waals surface area contributed by atoms with Crippen molar-refractivity contribution in [1.82, 2.24) is 0 Å². The van der Waals surface area contributed by atoms with Gasteiger partial charge >= 0.3 is 12.1 Å². The number of hydrogen-bond donors (Lipinski definition) is 1. The molecule has 0 saturated heterocycles. The van der Waals surface area contributed by atoms with E-state index in [0.29, 0.717) is 6.07 Å². The minimum absolute atomic E-state index is 0.0838. The predicted octanol–water partition coefficient (Wildman–Crippen LogP) is 2.48. The number of carbonyl (C=O) groups is 1. The van der Waals surface area contributed by atoms with Crippen LogP contribution in [0.1, 0.15) is 24.5 Å². The molecule has 1 aromatic carbocycles. The summed E-state index contributed by atoms with van der Waals surface area (Å²) in [5.41, 5.74) is -1.05. The van der Waals surface area contributed by atoms with Crippen LogP contribution in [0.25, 0.3) is 0 Å². The van der Waals surface area contributed by atoms with Gasteiger partial charge in [0, 0.05) is 0 Å². The highest BCUT2D eigenvalue weighted by Crippen LogP contribution is 2.30. The summed E-state index contributed by atoms with van der Waals surface area (Å²) in [5.74, 6) is -2.23. The van der Waals surface area contributed by atoms with Crippen LogP contribution in [-0.4, -0.2) is 24.7 Å². The minimum Gasteiger partial charge on any atom is -0.480 e. The lowest BCUT2D eigenvalue weighted by Crippen LogP contribution is -2.30. The molecule has 4 nitrogen and oxygen atoms in total. The van der Waals surface area contributed by atoms with Crippen LogP contribution in [0.3, 0.4) is 0 Å². The number of hydrogen-bond acceptors (Lipinski definition) is 3. The first-order valence-electron chi connectivity index (χ1n) is 5.68. The summed E-state index contributed by atoms with van der Waals surface area (Å²) >= 11 is 0. The molecule has 0 fully saturated rings. The molecule has 1 unspecified atom stereocenters. The number of aliphatic carboxylic acids is 1. The maximum atomic E-state index is 12.5. The Labute approximate surface area is 114 Å². The van der Waals surface area contributed by atoms with E-state index in [0.717, 1.165) is 12.1 Å². The van der Waals surface area contributed by atoms with Gasteiger partial charge in [-0.2, -0.15) is 13.2 Å². The summed E-state index contributed by atoms with van der Waals surface area (Å²) in [6, 6.07) is 3.85. The summed E-state index contributed by atoms with van der Waals surface area (Å²) in [4.78, 5) is 10.8. The largest absolute Gasteiger partial charge is 0.480 e. The normalized spacial score (nSPS) is 14.0. The molecule has 0 amide bonds. The van der Waals surface area contributed by atoms with Gasteiger partial charge in [0.2, 0.25) is 0 Å². The van der Waals surface area contributed by atoms with Gasteiger partial charge in [-0.15, -0.1) is 0 Å². The Morgan fingerprint density at radius 3 is 2.40 bits per heavy atom. The van der Waals surface area contributed by atoms with Crippen molar-refractivity contribution in [3.8, 4) is 0 Å². The summed E-state index contributed by atoms with van der Waals surface area (Å²) in [6.45, 7) is 1.39. The van der Waals surface area contributed by atoms with Crippen molar-refractivity contribution in [3.63, 3.8) is 0 Å². The standard InChI is InChI=1S/C12H13F3O4S/c1-2-10(11(16)17)20(18,19)7-8-4-3-5-9(6-8)12(13,14)15/h3-6,10H,2,7H2,1H3,(H,16,17). The zero-order valence-corrected chi connectivity index (χ0v) is 11.3. The van der Waals surface area contributed by atoms with Gasteiger partial charge in [0.25, 0.3) is 0 Å². The van der Waals surface area contributed by atoms with Crippen molar-refractivity contribution >= 4 is 15.8 Å². The fourth-order valence-corrected chi connectivity index (χ4v) is 3.41. The fourth-order valence-electron chi connectivity index (χ4n) is 1.75. The Balaban J connectivity index is 3.07. The molecule has 0 bridgehead atoms. The van der Waals surface area contributed by atoms with E-state index in [1.807, 2.05) is 0 Å². The maximum absolute atomic E-state index is 12.5. The number of halogens is 3. The predicted molar refractivity (Wildman–Crippen MR) is 65.8 cm³/mol. The third-order valence-electron chi connectivity index (χ3n) is 2.70. The maximum Gasteiger partial charge on any atom is 0.416 e. The molecule has 1 rings (SSSR count). The third kappa shape index (κ3) is 3.96. The lowest BCUT2D eigenvalue weighted by atomic mass is 10.1. The molecule has 0 aromatic heterocycles. The zero-order valence-electron chi connectivity index (χ0n) is 10.5. The van der Waals surface area contributed by atoms with Crippen LogP contribution in [0.4, 0.5) is 13.2 Å². The summed E-state index contributed by atoms with van der Waals surface area (Å²) < 4.78 is 61.3. The van der Waals surface area contributed by atoms with E-state index in [-0.39, 0.29) is 12.0 Å². The highest BCUT2D eigenvalue weighted by atomic mass is 32.2. The molecule has 0 radical (unpaired) electrons. The molecule has 0 aliphatic carbocycles. The van der Waals surface area contributed by atoms with Crippen LogP contribution in [0.5, 0.6) is 0 Å². The van der Waals surface area contributed by atoms with E-state index in [1.54, 1.807) is 0 Å². The molecule has 0 heterocycles. The minimum atomic E-state index is -4.57. The van der Waals surface area contributed by atoms with Crippen molar-refractivity contribution in [3.05, 3.63) is 35.4 Å². The summed E-state index contributed by atoms with van der Waals surface area (Å²) in [6.07, 6.45) is -4.71. The van der Waals surface area contributed by atoms with Gasteiger partial charge in [-0.3, -0.25) is 4.79 Å². The van der Waals surface area contributed by atoms with Crippen LogP contribution in [0.15, 0.2) is 24.3 Å². The first-order chi connectivity index (χ1) is 9.08. The smallest absolute Gasteiger partial charge is 0.416 e. The van der Waals surface area contributed by atoms with Gasteiger partial charge in [0.1, 0.15) is 0 Å². The van der Waals surface area contributed by atoms with Crippen molar-refractivity contribution in [2.24, 2.45) is 0 Å². The van der Waals surface area contributed by atoms with Gasteiger partial charge in [0.05, 0.1) is 11.3 Å². The quantitative estimate of drug-likeness (QED) is 0.907. The monoisotopic (exact) mass is 310 g/mol. The van der Waals surface area contributed by atoms with Crippen LogP contribution < -0.4 is 0 Å². The van der Waals surface area contributed by atoms with Crippen LogP contribution in [0, 0.1) is 0 Å². The molecule has 1 aromatic rings. The number of benzene rings is 1. The Bertz CT molecular complexity index is 593. The van der Waals surface area contributed by atoms with E-state index < -0.39 is 38.5 Å². The Hall–Kier alpha value is -1.57. The molecule has 1 N–H and O–H groups in total. The average Bonchev–Trinajstić information content (AvgIpc) is 2.27. The highest BCUT2D eigenvalue weighted by molar-refractivity contribution is 7.92. The lowest BCUT2D eigenvalue weighted by molar-refractivity contribution is -0.138. The van der Waals surface area contributed by atoms with E-state index in [2.05, 4.69) is 0 Å². The molecule has 0 spiro atoms. The number of carboxylic acids is 1. The van der Waals surface area contributed by atoms with E-state index in [1.165, 1.54) is 13.0 Å². The third-order valence-corrected chi connectivity index (χ3v) is 4.84. The number of sulfone groups is 1. The van der Waals surface area contributed by atoms with Gasteiger partial charge in [-0.1, -0.05) is 25.1 Å². The second-order valence-electron chi connectivity index (χ2n) is 4.24. The van der Waals surface area contributed by atoms with E-state index in [4.69, 9.17) is 5.11 Å². The average molecular weight is 310 g/mol. The molecular formula is C12H13F3O4S. The molecule has 8 heteroatoms. The lowest BCUT2D eigenvalue weighted by Gasteiger charge is -2.13. The summed E-state index contributed by atoms with van der Waals surface area (Å²) in [5, 5.41) is 7.20.